The third-order valence-corrected chi connectivity index (χ3v) is 2.69. The Balaban J connectivity index is 2.64. The van der Waals surface area contributed by atoms with Crippen LogP contribution in [0.5, 0.6) is 11.5 Å². The number of nitrogens with one attached hydrogen (secondary N) is 1. The number of oxime groups is 1. The Bertz CT molecular complexity index is 629. The molecular weight excluding hydrogens is 308 g/mol. The summed E-state index contributed by atoms with van der Waals surface area (Å²) in [6.45, 7) is 0.632. The number of nitrogens with zero attached hydrogens (tertiary/aromatic N) is 3. The Labute approximate surface area is 131 Å². The molecular formula is C13H16N4O6. The molecule has 0 spiro atoms. The lowest BCUT2D eigenvalue weighted by Crippen LogP contribution is -2.25. The van der Waals surface area contributed by atoms with Crippen LogP contribution in [0.25, 0.3) is 0 Å². The van der Waals surface area contributed by atoms with Gasteiger partial charge in [-0.1, -0.05) is 5.16 Å². The summed E-state index contributed by atoms with van der Waals surface area (Å²) in [6.07, 6.45) is 2.52. The molecule has 0 atom stereocenters. The Kier molecular flexibility index (Phi) is 6.98. The monoisotopic (exact) mass is 324 g/mol. The van der Waals surface area contributed by atoms with Crippen molar-refractivity contribution in [3.05, 3.63) is 27.8 Å². The van der Waals surface area contributed by atoms with Crippen molar-refractivity contribution in [1.29, 1.82) is 0 Å². The van der Waals surface area contributed by atoms with Crippen LogP contribution in [0.3, 0.4) is 0 Å². The van der Waals surface area contributed by atoms with Crippen molar-refractivity contribution in [2.45, 2.75) is 6.42 Å². The van der Waals surface area contributed by atoms with Crippen LogP contribution in [0, 0.1) is 10.1 Å². The highest BCUT2D eigenvalue weighted by Crippen LogP contribution is 2.33. The number of benzene rings is 1. The van der Waals surface area contributed by atoms with Crippen LogP contribution in [0.2, 0.25) is 0 Å². The second-order valence-corrected chi connectivity index (χ2v) is 4.27. The number of carbonyl (C=O) groups is 1. The molecule has 0 aliphatic rings. The van der Waals surface area contributed by atoms with E-state index in [4.69, 9.17) is 9.94 Å². The third-order valence-electron chi connectivity index (χ3n) is 2.69. The van der Waals surface area contributed by atoms with Crippen molar-refractivity contribution >= 4 is 24.0 Å². The number of methoxy groups -OCH3 is 1. The number of nitro benzene ring substituents is 1. The van der Waals surface area contributed by atoms with Gasteiger partial charge in [0.25, 0.3) is 11.6 Å². The van der Waals surface area contributed by atoms with E-state index in [1.54, 1.807) is 0 Å². The summed E-state index contributed by atoms with van der Waals surface area (Å²) in [4.78, 5) is 25.2. The SMILES string of the molecule is COc1cc([N+](=O)[O-])cc(C=NCCCNC(=O)C=NO)c1O. The van der Waals surface area contributed by atoms with E-state index in [0.717, 1.165) is 12.3 Å². The second kappa shape index (κ2) is 8.97. The second-order valence-electron chi connectivity index (χ2n) is 4.27. The molecule has 0 saturated heterocycles. The molecule has 1 aromatic rings. The van der Waals surface area contributed by atoms with E-state index in [9.17, 15) is 20.0 Å². The maximum Gasteiger partial charge on any atom is 0.274 e. The number of hydrogen-bond acceptors (Lipinski definition) is 8. The molecule has 23 heavy (non-hydrogen) atoms. The molecule has 0 aromatic heterocycles. The fraction of sp³-hybridized carbons (Fsp3) is 0.308. The quantitative estimate of drug-likeness (QED) is 0.211. The van der Waals surface area contributed by atoms with Crippen LogP contribution in [-0.4, -0.2) is 53.8 Å². The number of phenols is 1. The predicted octanol–water partition coefficient (Wildman–Crippen LogP) is 0.694. The van der Waals surface area contributed by atoms with Gasteiger partial charge in [0.2, 0.25) is 0 Å². The van der Waals surface area contributed by atoms with Crippen LogP contribution < -0.4 is 10.1 Å². The van der Waals surface area contributed by atoms with Gasteiger partial charge in [-0.3, -0.25) is 19.9 Å². The summed E-state index contributed by atoms with van der Waals surface area (Å²) in [6, 6.07) is 2.30. The first-order valence-corrected chi connectivity index (χ1v) is 6.50. The van der Waals surface area contributed by atoms with Crippen LogP contribution in [0.1, 0.15) is 12.0 Å². The van der Waals surface area contributed by atoms with Crippen molar-refractivity contribution in [3.8, 4) is 11.5 Å². The Morgan fingerprint density at radius 2 is 2.26 bits per heavy atom. The summed E-state index contributed by atoms with van der Waals surface area (Å²) < 4.78 is 4.87. The maximum absolute atomic E-state index is 10.9. The number of carbonyl (C=O) groups excluding carboxylic acids is 1. The number of aromatic hydroxyl groups is 1. The van der Waals surface area contributed by atoms with Gasteiger partial charge in [0.05, 0.1) is 18.1 Å². The van der Waals surface area contributed by atoms with E-state index in [0.29, 0.717) is 19.5 Å². The molecule has 0 bridgehead atoms. The molecule has 1 rings (SSSR count). The van der Waals surface area contributed by atoms with Gasteiger partial charge in [-0.15, -0.1) is 0 Å². The summed E-state index contributed by atoms with van der Waals surface area (Å²) in [5.41, 5.74) is -0.0656. The minimum atomic E-state index is -0.600. The number of hydrogen-bond donors (Lipinski definition) is 3. The summed E-state index contributed by atoms with van der Waals surface area (Å²) in [5.74, 6) is -0.789. The zero-order chi connectivity index (χ0) is 17.2. The van der Waals surface area contributed by atoms with E-state index >= 15 is 0 Å². The zero-order valence-electron chi connectivity index (χ0n) is 12.3. The van der Waals surface area contributed by atoms with Crippen LogP contribution in [0.15, 0.2) is 22.3 Å². The number of amides is 1. The summed E-state index contributed by atoms with van der Waals surface area (Å²) in [7, 11) is 1.29. The number of phenolic OH excluding ortho intramolecular Hbond substituents is 1. The minimum absolute atomic E-state index is 0.0174. The van der Waals surface area contributed by atoms with E-state index in [-0.39, 0.29) is 22.7 Å². The summed E-state index contributed by atoms with van der Waals surface area (Å²) >= 11 is 0. The molecule has 1 amide bonds. The van der Waals surface area contributed by atoms with Crippen molar-refractivity contribution in [2.75, 3.05) is 20.2 Å². The number of ether oxygens (including phenoxy) is 1. The maximum atomic E-state index is 10.9. The lowest BCUT2D eigenvalue weighted by molar-refractivity contribution is -0.385. The smallest absolute Gasteiger partial charge is 0.274 e. The number of rotatable bonds is 8. The molecule has 0 radical (unpaired) electrons. The average molecular weight is 324 g/mol. The number of nitro groups is 1. The highest BCUT2D eigenvalue weighted by atomic mass is 16.6. The number of non-ortho nitro benzene ring substituents is 1. The van der Waals surface area contributed by atoms with Crippen molar-refractivity contribution in [3.63, 3.8) is 0 Å². The molecule has 0 fully saturated rings. The molecule has 10 nitrogen and oxygen atoms in total. The molecule has 0 heterocycles. The molecule has 10 heteroatoms. The first kappa shape index (κ1) is 17.9. The Morgan fingerprint density at radius 3 is 2.87 bits per heavy atom. The lowest BCUT2D eigenvalue weighted by atomic mass is 10.1. The van der Waals surface area contributed by atoms with E-state index in [1.807, 2.05) is 0 Å². The zero-order valence-corrected chi connectivity index (χ0v) is 12.3. The van der Waals surface area contributed by atoms with Gasteiger partial charge in [-0.05, 0) is 6.42 Å². The Morgan fingerprint density at radius 1 is 1.52 bits per heavy atom. The fourth-order valence-corrected chi connectivity index (χ4v) is 1.62. The first-order chi connectivity index (χ1) is 11.0. The molecule has 1 aromatic carbocycles. The normalized spacial score (nSPS) is 11.0. The third kappa shape index (κ3) is 5.61. The summed E-state index contributed by atoms with van der Waals surface area (Å²) in [5, 5.41) is 33.9. The highest BCUT2D eigenvalue weighted by Gasteiger charge is 2.15. The largest absolute Gasteiger partial charge is 0.504 e. The van der Waals surface area contributed by atoms with Gasteiger partial charge >= 0.3 is 0 Å². The van der Waals surface area contributed by atoms with Gasteiger partial charge in [-0.2, -0.15) is 0 Å². The van der Waals surface area contributed by atoms with Crippen LogP contribution >= 0.6 is 0 Å². The van der Waals surface area contributed by atoms with Crippen molar-refractivity contribution in [1.82, 2.24) is 5.32 Å². The first-order valence-electron chi connectivity index (χ1n) is 6.50. The van der Waals surface area contributed by atoms with Crippen molar-refractivity contribution < 1.29 is 24.8 Å². The van der Waals surface area contributed by atoms with E-state index in [2.05, 4.69) is 15.5 Å². The molecule has 0 unspecified atom stereocenters. The van der Waals surface area contributed by atoms with Gasteiger partial charge in [-0.25, -0.2) is 0 Å². The topological polar surface area (TPSA) is 147 Å². The molecule has 124 valence electrons. The minimum Gasteiger partial charge on any atom is -0.504 e. The predicted molar refractivity (Wildman–Crippen MR) is 81.7 cm³/mol. The molecule has 0 aliphatic carbocycles. The standard InChI is InChI=1S/C13H16N4O6/c1-23-11-6-10(17(21)22)5-9(13(11)19)7-14-3-2-4-15-12(18)8-16-20/h5-8,19-20H,2-4H2,1H3,(H,15,18). The van der Waals surface area contributed by atoms with Gasteiger partial charge in [0.1, 0.15) is 6.21 Å². The highest BCUT2D eigenvalue weighted by molar-refractivity contribution is 6.25. The van der Waals surface area contributed by atoms with Crippen LogP contribution in [-0.2, 0) is 4.79 Å². The van der Waals surface area contributed by atoms with E-state index in [1.165, 1.54) is 19.4 Å². The lowest BCUT2D eigenvalue weighted by Gasteiger charge is -2.06. The number of aliphatic imine (C=N–C) groups is 1. The van der Waals surface area contributed by atoms with Gasteiger partial charge < -0.3 is 20.4 Å². The molecule has 0 saturated carbocycles. The average Bonchev–Trinajstić information content (AvgIpc) is 2.52. The van der Waals surface area contributed by atoms with E-state index < -0.39 is 10.8 Å². The molecule has 3 N–H and O–H groups in total. The van der Waals surface area contributed by atoms with Crippen LogP contribution in [0.4, 0.5) is 5.69 Å². The fourth-order valence-electron chi connectivity index (χ4n) is 1.62. The van der Waals surface area contributed by atoms with Gasteiger partial charge in [0, 0.05) is 30.9 Å². The Hall–Kier alpha value is -3.17. The van der Waals surface area contributed by atoms with Crippen molar-refractivity contribution in [2.24, 2.45) is 10.1 Å². The van der Waals surface area contributed by atoms with Gasteiger partial charge in [0.15, 0.2) is 11.5 Å². The molecule has 0 aliphatic heterocycles.